The van der Waals surface area contributed by atoms with Crippen molar-refractivity contribution < 1.29 is 8.42 Å². The molecule has 0 bridgehead atoms. The predicted octanol–water partition coefficient (Wildman–Crippen LogP) is 0.879. The summed E-state index contributed by atoms with van der Waals surface area (Å²) in [5, 5.41) is 3.63. The summed E-state index contributed by atoms with van der Waals surface area (Å²) in [4.78, 5) is 2.15. The highest BCUT2D eigenvalue weighted by atomic mass is 35.5. The molecule has 0 saturated heterocycles. The van der Waals surface area contributed by atoms with Crippen LogP contribution in [-0.2, 0) is 10.0 Å². The van der Waals surface area contributed by atoms with Crippen molar-refractivity contribution in [3.8, 4) is 0 Å². The Morgan fingerprint density at radius 2 is 2.00 bits per heavy atom. The molecule has 0 radical (unpaired) electrons. The molecule has 0 spiro atoms. The summed E-state index contributed by atoms with van der Waals surface area (Å²) < 4.78 is 22.7. The molecule has 1 aliphatic heterocycles. The Labute approximate surface area is 80.3 Å². The number of nitrogens with one attached hydrogen (secondary N) is 1. The molecule has 2 rings (SSSR count). The van der Waals surface area contributed by atoms with Gasteiger partial charge < -0.3 is 0 Å². The Kier molecular flexibility index (Phi) is 1.78. The Morgan fingerprint density at radius 1 is 1.31 bits per heavy atom. The summed E-state index contributed by atoms with van der Waals surface area (Å²) in [5.74, 6) is 0. The minimum Gasteiger partial charge on any atom is -0.200 e. The molecule has 0 unspecified atom stereocenters. The minimum atomic E-state index is -3.50. The van der Waals surface area contributed by atoms with Crippen LogP contribution < -0.4 is 4.83 Å². The van der Waals surface area contributed by atoms with Gasteiger partial charge in [0.25, 0.3) is 10.0 Å². The van der Waals surface area contributed by atoms with E-state index < -0.39 is 10.0 Å². The summed E-state index contributed by atoms with van der Waals surface area (Å²) >= 11 is 5.70. The van der Waals surface area contributed by atoms with E-state index in [1.165, 1.54) is 6.07 Å². The average molecular weight is 217 g/mol. The number of sulfonamides is 1. The first-order valence-corrected chi connectivity index (χ1v) is 5.32. The van der Waals surface area contributed by atoms with Gasteiger partial charge >= 0.3 is 0 Å². The lowest BCUT2D eigenvalue weighted by Gasteiger charge is -2.13. The molecular weight excluding hydrogens is 212 g/mol. The number of rotatable bonds is 0. The summed E-state index contributed by atoms with van der Waals surface area (Å²) in [5.41, 5.74) is 0.433. The first-order chi connectivity index (χ1) is 6.11. The Bertz CT molecular complexity index is 481. The van der Waals surface area contributed by atoms with Gasteiger partial charge in [0.15, 0.2) is 5.17 Å². The first-order valence-electron chi connectivity index (χ1n) is 3.46. The van der Waals surface area contributed by atoms with Crippen LogP contribution in [0, 0.1) is 0 Å². The van der Waals surface area contributed by atoms with Gasteiger partial charge in [-0.3, -0.25) is 0 Å². The lowest BCUT2D eigenvalue weighted by atomic mass is 10.2. The van der Waals surface area contributed by atoms with Crippen LogP contribution in [0.15, 0.2) is 34.3 Å². The number of hydrazone groups is 1. The Hall–Kier alpha value is -1.07. The van der Waals surface area contributed by atoms with Gasteiger partial charge in [-0.2, -0.15) is 18.4 Å². The summed E-state index contributed by atoms with van der Waals surface area (Å²) in [6.07, 6.45) is 0. The molecule has 0 saturated carbocycles. The smallest absolute Gasteiger partial charge is 0.200 e. The molecule has 0 aliphatic carbocycles. The van der Waals surface area contributed by atoms with Gasteiger partial charge in [0.1, 0.15) is 0 Å². The second kappa shape index (κ2) is 2.71. The van der Waals surface area contributed by atoms with Gasteiger partial charge in [-0.05, 0) is 6.07 Å². The fourth-order valence-corrected chi connectivity index (χ4v) is 2.42. The lowest BCUT2D eigenvalue weighted by Crippen LogP contribution is -2.25. The number of benzene rings is 1. The van der Waals surface area contributed by atoms with Gasteiger partial charge in [-0.15, -0.1) is 0 Å². The molecule has 4 nitrogen and oxygen atoms in total. The van der Waals surface area contributed by atoms with E-state index >= 15 is 0 Å². The summed E-state index contributed by atoms with van der Waals surface area (Å²) in [6, 6.07) is 6.43. The Balaban J connectivity index is 2.79. The standard InChI is InChI=1S/C7H5ClN2O2S/c8-7-5-3-1-2-4-6(5)13(11,12)10-9-7/h1-4,10H. The highest BCUT2D eigenvalue weighted by molar-refractivity contribution is 7.89. The quantitative estimate of drug-likeness (QED) is 0.700. The van der Waals surface area contributed by atoms with E-state index in [1.54, 1.807) is 18.2 Å². The molecule has 0 fully saturated rings. The second-order valence-corrected chi connectivity index (χ2v) is 4.48. The summed E-state index contributed by atoms with van der Waals surface area (Å²) in [7, 11) is -3.50. The molecule has 1 aliphatic rings. The minimum absolute atomic E-state index is 0.158. The monoisotopic (exact) mass is 216 g/mol. The lowest BCUT2D eigenvalue weighted by molar-refractivity contribution is 0.583. The molecule has 1 N–H and O–H groups in total. The van der Waals surface area contributed by atoms with E-state index in [4.69, 9.17) is 11.6 Å². The van der Waals surface area contributed by atoms with Crippen LogP contribution in [0.25, 0.3) is 0 Å². The number of halogens is 1. The maximum Gasteiger partial charge on any atom is 0.277 e. The molecule has 1 aromatic rings. The zero-order valence-electron chi connectivity index (χ0n) is 6.36. The van der Waals surface area contributed by atoms with Crippen LogP contribution in [0.1, 0.15) is 5.56 Å². The van der Waals surface area contributed by atoms with Gasteiger partial charge in [0.2, 0.25) is 0 Å². The first kappa shape index (κ1) is 8.52. The third kappa shape index (κ3) is 1.30. The Morgan fingerprint density at radius 3 is 2.69 bits per heavy atom. The number of hydrogen-bond donors (Lipinski definition) is 1. The van der Waals surface area contributed by atoms with Crippen LogP contribution in [0.3, 0.4) is 0 Å². The molecule has 1 aromatic carbocycles. The van der Waals surface area contributed by atoms with E-state index in [0.717, 1.165) is 0 Å². The van der Waals surface area contributed by atoms with E-state index in [9.17, 15) is 8.42 Å². The molecule has 13 heavy (non-hydrogen) atoms. The highest BCUT2D eigenvalue weighted by Gasteiger charge is 2.23. The van der Waals surface area contributed by atoms with Crippen molar-refractivity contribution >= 4 is 26.8 Å². The van der Waals surface area contributed by atoms with Crippen LogP contribution in [0.5, 0.6) is 0 Å². The summed E-state index contributed by atoms with van der Waals surface area (Å²) in [6.45, 7) is 0. The molecule has 0 aromatic heterocycles. The molecule has 0 amide bonds. The van der Waals surface area contributed by atoms with Crippen LogP contribution in [-0.4, -0.2) is 13.6 Å². The molecular formula is C7H5ClN2O2S. The predicted molar refractivity (Wildman–Crippen MR) is 49.2 cm³/mol. The van der Waals surface area contributed by atoms with Crippen molar-refractivity contribution in [2.75, 3.05) is 0 Å². The fraction of sp³-hybridized carbons (Fsp3) is 0. The van der Waals surface area contributed by atoms with Gasteiger partial charge in [0, 0.05) is 5.56 Å². The van der Waals surface area contributed by atoms with E-state index in [0.29, 0.717) is 5.56 Å². The molecule has 6 heteroatoms. The van der Waals surface area contributed by atoms with Gasteiger partial charge in [0.05, 0.1) is 4.90 Å². The normalized spacial score (nSPS) is 18.4. The molecule has 0 atom stereocenters. The SMILES string of the molecule is O=S1(=O)NN=C(Cl)c2ccccc21. The largest absolute Gasteiger partial charge is 0.277 e. The number of hydrogen-bond acceptors (Lipinski definition) is 3. The fourth-order valence-electron chi connectivity index (χ4n) is 1.08. The molecule has 1 heterocycles. The highest BCUT2D eigenvalue weighted by Crippen LogP contribution is 2.20. The van der Waals surface area contributed by atoms with Crippen molar-refractivity contribution in [3.63, 3.8) is 0 Å². The van der Waals surface area contributed by atoms with Crippen molar-refractivity contribution in [1.82, 2.24) is 4.83 Å². The maximum absolute atomic E-state index is 11.3. The van der Waals surface area contributed by atoms with Crippen molar-refractivity contribution in [3.05, 3.63) is 29.8 Å². The van der Waals surface area contributed by atoms with E-state index in [2.05, 4.69) is 5.10 Å². The third-order valence-corrected chi connectivity index (χ3v) is 3.22. The van der Waals surface area contributed by atoms with Crippen molar-refractivity contribution in [2.45, 2.75) is 4.90 Å². The second-order valence-electron chi connectivity index (χ2n) is 2.49. The van der Waals surface area contributed by atoms with Crippen molar-refractivity contribution in [1.29, 1.82) is 0 Å². The third-order valence-electron chi connectivity index (χ3n) is 1.66. The topological polar surface area (TPSA) is 58.5 Å². The number of nitrogens with zero attached hydrogens (tertiary/aromatic N) is 1. The average Bonchev–Trinajstić information content (AvgIpc) is 2.13. The van der Waals surface area contributed by atoms with Crippen molar-refractivity contribution in [2.24, 2.45) is 5.10 Å². The van der Waals surface area contributed by atoms with E-state index in [1.807, 2.05) is 4.83 Å². The maximum atomic E-state index is 11.3. The molecule has 68 valence electrons. The number of fused-ring (bicyclic) bond motifs is 1. The van der Waals surface area contributed by atoms with E-state index in [-0.39, 0.29) is 10.1 Å². The zero-order chi connectivity index (χ0) is 9.47. The zero-order valence-corrected chi connectivity index (χ0v) is 7.93. The van der Waals surface area contributed by atoms with Gasteiger partial charge in [-0.1, -0.05) is 29.8 Å². The van der Waals surface area contributed by atoms with Crippen LogP contribution in [0.4, 0.5) is 0 Å². The van der Waals surface area contributed by atoms with Crippen LogP contribution in [0.2, 0.25) is 0 Å². The van der Waals surface area contributed by atoms with Crippen LogP contribution >= 0.6 is 11.6 Å². The van der Waals surface area contributed by atoms with Gasteiger partial charge in [-0.25, -0.2) is 0 Å².